The van der Waals surface area contributed by atoms with Gasteiger partial charge in [0.15, 0.2) is 0 Å². The van der Waals surface area contributed by atoms with E-state index in [2.05, 4.69) is 0 Å². The number of thiophene rings is 1. The lowest BCUT2D eigenvalue weighted by atomic mass is 10.0. The van der Waals surface area contributed by atoms with Gasteiger partial charge in [-0.05, 0) is 29.1 Å². The molecular weight excluding hydrogens is 296 g/mol. The average Bonchev–Trinajstić information content (AvgIpc) is 2.85. The second-order valence-corrected chi connectivity index (χ2v) is 4.94. The van der Waals surface area contributed by atoms with Crippen LogP contribution in [-0.2, 0) is 6.18 Å². The molecule has 1 N–H and O–H groups in total. The molecule has 0 bridgehead atoms. The molecule has 0 spiro atoms. The topological polar surface area (TPSA) is 29.5 Å². The van der Waals surface area contributed by atoms with E-state index in [-0.39, 0.29) is 5.56 Å². The predicted molar refractivity (Wildman–Crippen MR) is 66.3 cm³/mol. The molecule has 20 heavy (non-hydrogen) atoms. The molecule has 0 saturated heterocycles. The number of methoxy groups -OCH3 is 1. The first kappa shape index (κ1) is 14.8. The molecule has 1 aromatic heterocycles. The molecule has 2 rings (SSSR count). The summed E-state index contributed by atoms with van der Waals surface area (Å²) in [6.07, 6.45) is -6.11. The zero-order valence-electron chi connectivity index (χ0n) is 10.2. The Morgan fingerprint density at radius 1 is 1.25 bits per heavy atom. The van der Waals surface area contributed by atoms with Crippen molar-refractivity contribution >= 4 is 11.3 Å². The maximum absolute atomic E-state index is 13.2. The van der Waals surface area contributed by atoms with Crippen molar-refractivity contribution in [3.05, 3.63) is 51.5 Å². The van der Waals surface area contributed by atoms with Crippen molar-refractivity contribution in [1.29, 1.82) is 0 Å². The van der Waals surface area contributed by atoms with Gasteiger partial charge in [0.05, 0.1) is 17.6 Å². The van der Waals surface area contributed by atoms with Crippen molar-refractivity contribution in [3.63, 3.8) is 0 Å². The smallest absolute Gasteiger partial charge is 0.419 e. The Balaban J connectivity index is 2.43. The maximum atomic E-state index is 13.2. The highest BCUT2D eigenvalue weighted by Crippen LogP contribution is 2.37. The largest absolute Gasteiger partial charge is 0.495 e. The molecule has 0 aliphatic heterocycles. The molecular formula is C13H10F4O2S. The molecule has 0 saturated carbocycles. The van der Waals surface area contributed by atoms with Gasteiger partial charge in [0, 0.05) is 0 Å². The van der Waals surface area contributed by atoms with Crippen LogP contribution in [0.4, 0.5) is 17.6 Å². The Kier molecular flexibility index (Phi) is 4.01. The van der Waals surface area contributed by atoms with Crippen LogP contribution in [0, 0.1) is 5.82 Å². The minimum absolute atomic E-state index is 0.0422. The number of hydrogen-bond acceptors (Lipinski definition) is 3. The molecule has 108 valence electrons. The van der Waals surface area contributed by atoms with Gasteiger partial charge >= 0.3 is 6.18 Å². The maximum Gasteiger partial charge on any atom is 0.419 e. The number of hydrogen-bond donors (Lipinski definition) is 1. The van der Waals surface area contributed by atoms with E-state index in [1.165, 1.54) is 7.11 Å². The van der Waals surface area contributed by atoms with Crippen LogP contribution in [0.15, 0.2) is 29.6 Å². The molecule has 7 heteroatoms. The van der Waals surface area contributed by atoms with Crippen molar-refractivity contribution < 1.29 is 27.4 Å². The molecule has 1 unspecified atom stereocenters. The first-order valence-corrected chi connectivity index (χ1v) is 6.38. The van der Waals surface area contributed by atoms with Crippen LogP contribution in [0.2, 0.25) is 0 Å². The molecule has 0 fully saturated rings. The third-order valence-electron chi connectivity index (χ3n) is 2.74. The van der Waals surface area contributed by atoms with Gasteiger partial charge < -0.3 is 9.84 Å². The Hall–Kier alpha value is -1.60. The summed E-state index contributed by atoms with van der Waals surface area (Å²) < 4.78 is 56.1. The van der Waals surface area contributed by atoms with Gasteiger partial charge in [-0.1, -0.05) is 6.07 Å². The van der Waals surface area contributed by atoms with Crippen molar-refractivity contribution in [2.45, 2.75) is 12.3 Å². The summed E-state index contributed by atoms with van der Waals surface area (Å²) in [7, 11) is 1.39. The lowest BCUT2D eigenvalue weighted by Gasteiger charge is -2.14. The highest BCUT2D eigenvalue weighted by molar-refractivity contribution is 7.10. The van der Waals surface area contributed by atoms with E-state index in [0.29, 0.717) is 22.8 Å². The van der Waals surface area contributed by atoms with Crippen molar-refractivity contribution in [2.24, 2.45) is 0 Å². The van der Waals surface area contributed by atoms with E-state index in [1.807, 2.05) is 0 Å². The lowest BCUT2D eigenvalue weighted by molar-refractivity contribution is -0.140. The number of rotatable bonds is 3. The van der Waals surface area contributed by atoms with Gasteiger partial charge in [-0.2, -0.15) is 13.2 Å². The molecule has 2 nitrogen and oxygen atoms in total. The number of benzene rings is 1. The first-order chi connectivity index (χ1) is 9.34. The Morgan fingerprint density at radius 2 is 1.95 bits per heavy atom. The number of ether oxygens (including phenoxy) is 1. The molecule has 1 heterocycles. The van der Waals surface area contributed by atoms with Crippen molar-refractivity contribution in [2.75, 3.05) is 7.11 Å². The van der Waals surface area contributed by atoms with Gasteiger partial charge in [0.1, 0.15) is 17.7 Å². The Bertz CT molecular complexity index is 607. The Labute approximate surface area is 116 Å². The number of alkyl halides is 3. The Morgan fingerprint density at radius 3 is 2.55 bits per heavy atom. The molecule has 1 atom stereocenters. The fourth-order valence-electron chi connectivity index (χ4n) is 1.76. The van der Waals surface area contributed by atoms with E-state index in [9.17, 15) is 22.7 Å². The van der Waals surface area contributed by atoms with Gasteiger partial charge in [-0.15, -0.1) is 11.3 Å². The summed E-state index contributed by atoms with van der Waals surface area (Å²) in [5, 5.41) is 11.8. The minimum Gasteiger partial charge on any atom is -0.495 e. The van der Waals surface area contributed by atoms with Gasteiger partial charge in [-0.25, -0.2) is 4.39 Å². The summed E-state index contributed by atoms with van der Waals surface area (Å²) in [5.41, 5.74) is -1.44. The summed E-state index contributed by atoms with van der Waals surface area (Å²) in [5.74, 6) is -0.994. The predicted octanol–water partition coefficient (Wildman–Crippen LogP) is 4.00. The highest BCUT2D eigenvalue weighted by atomic mass is 32.1. The zero-order chi connectivity index (χ0) is 14.9. The third-order valence-corrected chi connectivity index (χ3v) is 3.69. The number of aliphatic hydroxyl groups excluding tert-OH is 1. The van der Waals surface area contributed by atoms with Crippen LogP contribution in [0.5, 0.6) is 5.75 Å². The molecule has 0 amide bonds. The van der Waals surface area contributed by atoms with Gasteiger partial charge in [0.25, 0.3) is 0 Å². The average molecular weight is 306 g/mol. The number of aliphatic hydroxyl groups is 1. The quantitative estimate of drug-likeness (QED) is 0.869. The lowest BCUT2D eigenvalue weighted by Crippen LogP contribution is -2.10. The second-order valence-electron chi connectivity index (χ2n) is 3.99. The molecule has 2 aromatic rings. The zero-order valence-corrected chi connectivity index (χ0v) is 11.1. The monoisotopic (exact) mass is 306 g/mol. The third kappa shape index (κ3) is 2.78. The second kappa shape index (κ2) is 5.41. The minimum atomic E-state index is -4.81. The van der Waals surface area contributed by atoms with Crippen LogP contribution in [-0.4, -0.2) is 12.2 Å². The summed E-state index contributed by atoms with van der Waals surface area (Å²) in [6, 6.07) is 4.02. The van der Waals surface area contributed by atoms with Crippen LogP contribution in [0.3, 0.4) is 0 Å². The van der Waals surface area contributed by atoms with Crippen LogP contribution < -0.4 is 4.74 Å². The fourth-order valence-corrected chi connectivity index (χ4v) is 2.63. The standard InChI is InChI=1S/C13H10F4O2S/c1-19-10-4-5-20-12(10)11(18)7-2-3-9(14)8(6-7)13(15,16)17/h2-6,11,18H,1H3. The van der Waals surface area contributed by atoms with E-state index in [4.69, 9.17) is 4.74 Å². The molecule has 1 aromatic carbocycles. The van der Waals surface area contributed by atoms with Crippen molar-refractivity contribution in [3.8, 4) is 5.75 Å². The van der Waals surface area contributed by atoms with E-state index in [1.54, 1.807) is 11.4 Å². The summed E-state index contributed by atoms with van der Waals surface area (Å²) in [6.45, 7) is 0. The normalized spacial score (nSPS) is 13.3. The summed E-state index contributed by atoms with van der Waals surface area (Å²) in [4.78, 5) is 0.368. The first-order valence-electron chi connectivity index (χ1n) is 5.50. The van der Waals surface area contributed by atoms with Gasteiger partial charge in [-0.3, -0.25) is 0 Å². The fraction of sp³-hybridized carbons (Fsp3) is 0.231. The van der Waals surface area contributed by atoms with E-state index < -0.39 is 23.7 Å². The van der Waals surface area contributed by atoms with Gasteiger partial charge in [0.2, 0.25) is 0 Å². The van der Waals surface area contributed by atoms with E-state index in [0.717, 1.165) is 17.4 Å². The van der Waals surface area contributed by atoms with Crippen LogP contribution in [0.25, 0.3) is 0 Å². The van der Waals surface area contributed by atoms with E-state index >= 15 is 0 Å². The van der Waals surface area contributed by atoms with Crippen molar-refractivity contribution in [1.82, 2.24) is 0 Å². The molecule has 0 aliphatic carbocycles. The SMILES string of the molecule is COc1ccsc1C(O)c1ccc(F)c(C(F)(F)F)c1. The highest BCUT2D eigenvalue weighted by Gasteiger charge is 2.35. The summed E-state index contributed by atoms with van der Waals surface area (Å²) >= 11 is 1.14. The van der Waals surface area contributed by atoms with Crippen LogP contribution in [0.1, 0.15) is 22.1 Å². The van der Waals surface area contributed by atoms with Crippen LogP contribution >= 0.6 is 11.3 Å². The molecule has 0 radical (unpaired) electrons. The molecule has 0 aliphatic rings. The number of halogens is 4.